The minimum atomic E-state index is 0.797. The standard InChI is InChI=1S/C16H28N2O/c1-3-5-6-7-8-9-11-19-16-12-15(13-17-14-16)18-10-4-2/h12-14,18H,3-11H2,1-2H3. The number of unbranched alkanes of at least 4 members (excludes halogenated alkanes) is 5. The maximum Gasteiger partial charge on any atom is 0.139 e. The molecule has 0 aromatic carbocycles. The number of anilines is 1. The van der Waals surface area contributed by atoms with Gasteiger partial charge in [-0.3, -0.25) is 4.98 Å². The molecule has 0 atom stereocenters. The van der Waals surface area contributed by atoms with Gasteiger partial charge in [-0.15, -0.1) is 0 Å². The second-order valence-corrected chi connectivity index (χ2v) is 4.95. The Morgan fingerprint density at radius 2 is 1.79 bits per heavy atom. The van der Waals surface area contributed by atoms with Crippen LogP contribution < -0.4 is 10.1 Å². The molecular formula is C16H28N2O. The molecule has 0 aliphatic carbocycles. The average molecular weight is 264 g/mol. The molecule has 0 radical (unpaired) electrons. The fraction of sp³-hybridized carbons (Fsp3) is 0.688. The normalized spacial score (nSPS) is 10.4. The van der Waals surface area contributed by atoms with Crippen LogP contribution in [0.25, 0.3) is 0 Å². The maximum absolute atomic E-state index is 5.73. The van der Waals surface area contributed by atoms with Gasteiger partial charge in [0.1, 0.15) is 5.75 Å². The van der Waals surface area contributed by atoms with E-state index in [1.807, 2.05) is 12.3 Å². The van der Waals surface area contributed by atoms with Gasteiger partial charge in [-0.2, -0.15) is 0 Å². The molecule has 0 fully saturated rings. The molecule has 1 N–H and O–H groups in total. The third-order valence-corrected chi connectivity index (χ3v) is 3.06. The molecule has 1 aromatic heterocycles. The van der Waals surface area contributed by atoms with Gasteiger partial charge >= 0.3 is 0 Å². The minimum Gasteiger partial charge on any atom is -0.492 e. The van der Waals surface area contributed by atoms with Crippen molar-refractivity contribution in [2.75, 3.05) is 18.5 Å². The van der Waals surface area contributed by atoms with Crippen LogP contribution in [0.2, 0.25) is 0 Å². The van der Waals surface area contributed by atoms with Crippen LogP contribution >= 0.6 is 0 Å². The van der Waals surface area contributed by atoms with E-state index in [0.717, 1.165) is 37.4 Å². The van der Waals surface area contributed by atoms with Gasteiger partial charge in [0, 0.05) is 12.6 Å². The number of nitrogens with one attached hydrogen (secondary N) is 1. The van der Waals surface area contributed by atoms with E-state index in [1.165, 1.54) is 32.1 Å². The van der Waals surface area contributed by atoms with Crippen LogP contribution in [0.1, 0.15) is 58.8 Å². The highest BCUT2D eigenvalue weighted by molar-refractivity contribution is 5.44. The average Bonchev–Trinajstić information content (AvgIpc) is 2.44. The predicted octanol–water partition coefficient (Wildman–Crippen LogP) is 4.64. The van der Waals surface area contributed by atoms with Gasteiger partial charge in [-0.05, 0) is 12.8 Å². The molecule has 1 heterocycles. The fourth-order valence-corrected chi connectivity index (χ4v) is 1.94. The summed E-state index contributed by atoms with van der Waals surface area (Å²) in [6.07, 6.45) is 12.5. The Labute approximate surface area is 117 Å². The highest BCUT2D eigenvalue weighted by Gasteiger charge is 1.97. The van der Waals surface area contributed by atoms with Gasteiger partial charge in [-0.1, -0.05) is 46.0 Å². The molecule has 0 spiro atoms. The van der Waals surface area contributed by atoms with Gasteiger partial charge in [0.05, 0.1) is 24.7 Å². The molecule has 0 aliphatic heterocycles. The lowest BCUT2D eigenvalue weighted by atomic mass is 10.1. The summed E-state index contributed by atoms with van der Waals surface area (Å²) in [6.45, 7) is 6.17. The molecule has 0 amide bonds. The number of hydrogen-bond donors (Lipinski definition) is 1. The van der Waals surface area contributed by atoms with Crippen molar-refractivity contribution in [1.82, 2.24) is 4.98 Å². The van der Waals surface area contributed by atoms with E-state index in [2.05, 4.69) is 24.1 Å². The monoisotopic (exact) mass is 264 g/mol. The summed E-state index contributed by atoms with van der Waals surface area (Å²) in [5.41, 5.74) is 1.04. The zero-order chi connectivity index (χ0) is 13.8. The summed E-state index contributed by atoms with van der Waals surface area (Å²) >= 11 is 0. The molecule has 0 aliphatic rings. The molecule has 0 bridgehead atoms. The number of rotatable bonds is 11. The fourth-order valence-electron chi connectivity index (χ4n) is 1.94. The van der Waals surface area contributed by atoms with Crippen LogP contribution in [0.4, 0.5) is 5.69 Å². The van der Waals surface area contributed by atoms with E-state index >= 15 is 0 Å². The zero-order valence-electron chi connectivity index (χ0n) is 12.5. The maximum atomic E-state index is 5.73. The number of hydrogen-bond acceptors (Lipinski definition) is 3. The summed E-state index contributed by atoms with van der Waals surface area (Å²) in [7, 11) is 0. The molecule has 3 heteroatoms. The topological polar surface area (TPSA) is 34.1 Å². The lowest BCUT2D eigenvalue weighted by molar-refractivity contribution is 0.303. The van der Waals surface area contributed by atoms with E-state index in [4.69, 9.17) is 4.74 Å². The first-order valence-corrected chi connectivity index (χ1v) is 7.68. The Hall–Kier alpha value is -1.25. The molecule has 0 saturated carbocycles. The van der Waals surface area contributed by atoms with Gasteiger partial charge in [0.2, 0.25) is 0 Å². The Morgan fingerprint density at radius 1 is 1.00 bits per heavy atom. The highest BCUT2D eigenvalue weighted by atomic mass is 16.5. The summed E-state index contributed by atoms with van der Waals surface area (Å²) in [5, 5.41) is 3.32. The number of pyridine rings is 1. The van der Waals surface area contributed by atoms with Crippen molar-refractivity contribution in [1.29, 1.82) is 0 Å². The van der Waals surface area contributed by atoms with Gasteiger partial charge < -0.3 is 10.1 Å². The van der Waals surface area contributed by atoms with Crippen molar-refractivity contribution in [3.63, 3.8) is 0 Å². The SMILES string of the molecule is CCCCCCCCOc1cncc(NCCC)c1. The first kappa shape index (κ1) is 15.8. The lowest BCUT2D eigenvalue weighted by Crippen LogP contribution is -2.02. The minimum absolute atomic E-state index is 0.797. The first-order chi connectivity index (χ1) is 9.36. The van der Waals surface area contributed by atoms with E-state index in [0.29, 0.717) is 0 Å². The van der Waals surface area contributed by atoms with Crippen molar-refractivity contribution >= 4 is 5.69 Å². The van der Waals surface area contributed by atoms with Crippen molar-refractivity contribution in [3.05, 3.63) is 18.5 Å². The molecular weight excluding hydrogens is 236 g/mol. The zero-order valence-corrected chi connectivity index (χ0v) is 12.5. The molecule has 1 rings (SSSR count). The van der Waals surface area contributed by atoms with Crippen LogP contribution in [0.15, 0.2) is 18.5 Å². The molecule has 3 nitrogen and oxygen atoms in total. The van der Waals surface area contributed by atoms with Crippen LogP contribution in [0.3, 0.4) is 0 Å². The van der Waals surface area contributed by atoms with Crippen LogP contribution in [0, 0.1) is 0 Å². The highest BCUT2D eigenvalue weighted by Crippen LogP contribution is 2.16. The molecule has 0 saturated heterocycles. The quantitative estimate of drug-likeness (QED) is 0.591. The molecule has 1 aromatic rings. The lowest BCUT2D eigenvalue weighted by Gasteiger charge is -2.08. The number of ether oxygens (including phenoxy) is 1. The molecule has 0 unspecified atom stereocenters. The van der Waals surface area contributed by atoms with E-state index in [9.17, 15) is 0 Å². The third-order valence-electron chi connectivity index (χ3n) is 3.06. The predicted molar refractivity (Wildman–Crippen MR) is 81.9 cm³/mol. The van der Waals surface area contributed by atoms with Crippen molar-refractivity contribution in [2.45, 2.75) is 58.8 Å². The Bertz CT molecular complexity index is 328. The van der Waals surface area contributed by atoms with Gasteiger partial charge in [0.25, 0.3) is 0 Å². The van der Waals surface area contributed by atoms with Gasteiger partial charge in [-0.25, -0.2) is 0 Å². The van der Waals surface area contributed by atoms with Gasteiger partial charge in [0.15, 0.2) is 0 Å². The summed E-state index contributed by atoms with van der Waals surface area (Å²) < 4.78 is 5.73. The Balaban J connectivity index is 2.14. The molecule has 19 heavy (non-hydrogen) atoms. The third kappa shape index (κ3) is 7.70. The number of nitrogens with zero attached hydrogens (tertiary/aromatic N) is 1. The Morgan fingerprint density at radius 3 is 2.58 bits per heavy atom. The Kier molecular flexibility index (Phi) is 8.86. The van der Waals surface area contributed by atoms with E-state index < -0.39 is 0 Å². The first-order valence-electron chi connectivity index (χ1n) is 7.68. The van der Waals surface area contributed by atoms with Crippen LogP contribution in [-0.2, 0) is 0 Å². The second-order valence-electron chi connectivity index (χ2n) is 4.95. The summed E-state index contributed by atoms with van der Waals surface area (Å²) in [4.78, 5) is 4.19. The van der Waals surface area contributed by atoms with Crippen LogP contribution in [-0.4, -0.2) is 18.1 Å². The summed E-state index contributed by atoms with van der Waals surface area (Å²) in [6, 6.07) is 2.03. The number of aromatic nitrogens is 1. The van der Waals surface area contributed by atoms with Crippen molar-refractivity contribution in [3.8, 4) is 5.75 Å². The van der Waals surface area contributed by atoms with Crippen molar-refractivity contribution in [2.24, 2.45) is 0 Å². The second kappa shape index (κ2) is 10.7. The van der Waals surface area contributed by atoms with E-state index in [-0.39, 0.29) is 0 Å². The van der Waals surface area contributed by atoms with Crippen molar-refractivity contribution < 1.29 is 4.74 Å². The smallest absolute Gasteiger partial charge is 0.139 e. The molecule has 108 valence electrons. The van der Waals surface area contributed by atoms with Crippen LogP contribution in [0.5, 0.6) is 5.75 Å². The summed E-state index contributed by atoms with van der Waals surface area (Å²) in [5.74, 6) is 0.870. The van der Waals surface area contributed by atoms with E-state index in [1.54, 1.807) is 6.20 Å². The largest absolute Gasteiger partial charge is 0.492 e.